The average Bonchev–Trinajstić information content (AvgIpc) is 2.82. The summed E-state index contributed by atoms with van der Waals surface area (Å²) in [4.78, 5) is 15.5. The fourth-order valence-corrected chi connectivity index (χ4v) is 1.88. The summed E-state index contributed by atoms with van der Waals surface area (Å²) in [6.45, 7) is 7.64. The molecule has 0 aromatic carbocycles. The number of amides is 1. The Kier molecular flexibility index (Phi) is 3.41. The van der Waals surface area contributed by atoms with Crippen LogP contribution in [0.1, 0.15) is 5.76 Å². The molecule has 0 spiro atoms. The minimum Gasteiger partial charge on any atom is -0.468 e. The van der Waals surface area contributed by atoms with Crippen molar-refractivity contribution in [1.29, 1.82) is 0 Å². The van der Waals surface area contributed by atoms with Crippen molar-refractivity contribution < 1.29 is 9.21 Å². The van der Waals surface area contributed by atoms with E-state index in [9.17, 15) is 4.79 Å². The minimum absolute atomic E-state index is 0.0256. The van der Waals surface area contributed by atoms with E-state index in [0.717, 1.165) is 38.5 Å². The Labute approximate surface area is 95.1 Å². The predicted molar refractivity (Wildman–Crippen MR) is 60.8 cm³/mol. The lowest BCUT2D eigenvalue weighted by atomic mass is 10.3. The molecule has 0 N–H and O–H groups in total. The van der Waals surface area contributed by atoms with Crippen LogP contribution in [0.5, 0.6) is 0 Å². The third kappa shape index (κ3) is 2.52. The van der Waals surface area contributed by atoms with Crippen molar-refractivity contribution in [3.05, 3.63) is 36.8 Å². The molecule has 1 saturated heterocycles. The van der Waals surface area contributed by atoms with Gasteiger partial charge in [0.05, 0.1) is 12.8 Å². The van der Waals surface area contributed by atoms with E-state index in [1.165, 1.54) is 6.08 Å². The van der Waals surface area contributed by atoms with Gasteiger partial charge in [0, 0.05) is 26.2 Å². The molecule has 0 bridgehead atoms. The summed E-state index contributed by atoms with van der Waals surface area (Å²) in [5.41, 5.74) is 0. The van der Waals surface area contributed by atoms with E-state index in [2.05, 4.69) is 11.5 Å². The van der Waals surface area contributed by atoms with E-state index < -0.39 is 0 Å². The van der Waals surface area contributed by atoms with E-state index in [1.54, 1.807) is 6.26 Å². The Morgan fingerprint density at radius 1 is 1.44 bits per heavy atom. The third-order valence-electron chi connectivity index (χ3n) is 2.82. The van der Waals surface area contributed by atoms with Crippen LogP contribution in [-0.4, -0.2) is 41.9 Å². The maximum atomic E-state index is 11.4. The molecule has 16 heavy (non-hydrogen) atoms. The van der Waals surface area contributed by atoms with Crippen LogP contribution in [0.15, 0.2) is 35.5 Å². The molecule has 2 heterocycles. The van der Waals surface area contributed by atoms with Gasteiger partial charge in [-0.1, -0.05) is 6.58 Å². The van der Waals surface area contributed by atoms with Crippen molar-refractivity contribution in [3.63, 3.8) is 0 Å². The Morgan fingerprint density at radius 3 is 2.75 bits per heavy atom. The highest BCUT2D eigenvalue weighted by Crippen LogP contribution is 2.09. The summed E-state index contributed by atoms with van der Waals surface area (Å²) >= 11 is 0. The largest absolute Gasteiger partial charge is 0.468 e. The van der Waals surface area contributed by atoms with Gasteiger partial charge in [0.2, 0.25) is 5.91 Å². The van der Waals surface area contributed by atoms with E-state index in [0.29, 0.717) is 0 Å². The molecule has 86 valence electrons. The number of hydrogen-bond donors (Lipinski definition) is 0. The quantitative estimate of drug-likeness (QED) is 0.716. The monoisotopic (exact) mass is 220 g/mol. The molecular weight excluding hydrogens is 204 g/mol. The van der Waals surface area contributed by atoms with Gasteiger partial charge >= 0.3 is 0 Å². The molecule has 1 aromatic heterocycles. The first kappa shape index (κ1) is 11.0. The second kappa shape index (κ2) is 4.99. The molecule has 1 aliphatic rings. The normalized spacial score (nSPS) is 17.4. The van der Waals surface area contributed by atoms with Crippen molar-refractivity contribution in [2.75, 3.05) is 26.2 Å². The fourth-order valence-electron chi connectivity index (χ4n) is 1.88. The van der Waals surface area contributed by atoms with Crippen LogP contribution in [0.2, 0.25) is 0 Å². The highest BCUT2D eigenvalue weighted by Gasteiger charge is 2.19. The molecular formula is C12H16N2O2. The van der Waals surface area contributed by atoms with Gasteiger partial charge in [-0.2, -0.15) is 0 Å². The Bertz CT molecular complexity index is 351. The van der Waals surface area contributed by atoms with Gasteiger partial charge in [-0.25, -0.2) is 0 Å². The van der Waals surface area contributed by atoms with E-state index in [1.807, 2.05) is 17.0 Å². The summed E-state index contributed by atoms with van der Waals surface area (Å²) < 4.78 is 5.29. The zero-order valence-electron chi connectivity index (χ0n) is 9.26. The summed E-state index contributed by atoms with van der Waals surface area (Å²) in [6.07, 6.45) is 3.06. The second-order valence-electron chi connectivity index (χ2n) is 3.88. The SMILES string of the molecule is C=CC(=O)N1CCN(Cc2ccco2)CC1. The minimum atomic E-state index is 0.0256. The van der Waals surface area contributed by atoms with Gasteiger partial charge in [0.25, 0.3) is 0 Å². The number of piperazine rings is 1. The summed E-state index contributed by atoms with van der Waals surface area (Å²) in [7, 11) is 0. The molecule has 4 nitrogen and oxygen atoms in total. The predicted octanol–water partition coefficient (Wildman–Crippen LogP) is 1.11. The molecule has 0 aliphatic carbocycles. The van der Waals surface area contributed by atoms with Gasteiger partial charge in [-0.3, -0.25) is 9.69 Å². The first-order valence-corrected chi connectivity index (χ1v) is 5.45. The maximum Gasteiger partial charge on any atom is 0.246 e. The van der Waals surface area contributed by atoms with Crippen LogP contribution in [0.4, 0.5) is 0 Å². The molecule has 0 unspecified atom stereocenters. The Balaban J connectivity index is 1.81. The number of furan rings is 1. The summed E-state index contributed by atoms with van der Waals surface area (Å²) in [5.74, 6) is 1.00. The van der Waals surface area contributed by atoms with Gasteiger partial charge in [-0.05, 0) is 18.2 Å². The summed E-state index contributed by atoms with van der Waals surface area (Å²) in [6, 6.07) is 3.87. The second-order valence-corrected chi connectivity index (χ2v) is 3.88. The Hall–Kier alpha value is -1.55. The lowest BCUT2D eigenvalue weighted by Gasteiger charge is -2.33. The summed E-state index contributed by atoms with van der Waals surface area (Å²) in [5, 5.41) is 0. The first-order valence-electron chi connectivity index (χ1n) is 5.45. The van der Waals surface area contributed by atoms with Crippen LogP contribution in [-0.2, 0) is 11.3 Å². The highest BCUT2D eigenvalue weighted by atomic mass is 16.3. The molecule has 0 radical (unpaired) electrons. The van der Waals surface area contributed by atoms with Crippen molar-refractivity contribution in [1.82, 2.24) is 9.80 Å². The number of rotatable bonds is 3. The van der Waals surface area contributed by atoms with Crippen LogP contribution < -0.4 is 0 Å². The van der Waals surface area contributed by atoms with Crippen molar-refractivity contribution >= 4 is 5.91 Å². The topological polar surface area (TPSA) is 36.7 Å². The van der Waals surface area contributed by atoms with Gasteiger partial charge in [0.1, 0.15) is 5.76 Å². The van der Waals surface area contributed by atoms with E-state index >= 15 is 0 Å². The lowest BCUT2D eigenvalue weighted by molar-refractivity contribution is -0.127. The molecule has 1 fully saturated rings. The zero-order chi connectivity index (χ0) is 11.4. The standard InChI is InChI=1S/C12H16N2O2/c1-2-12(15)14-7-5-13(6-8-14)10-11-4-3-9-16-11/h2-4,9H,1,5-8,10H2. The van der Waals surface area contributed by atoms with Crippen LogP contribution in [0, 0.1) is 0 Å². The molecule has 0 saturated carbocycles. The van der Waals surface area contributed by atoms with Gasteiger partial charge < -0.3 is 9.32 Å². The lowest BCUT2D eigenvalue weighted by Crippen LogP contribution is -2.47. The smallest absolute Gasteiger partial charge is 0.246 e. The van der Waals surface area contributed by atoms with Crippen molar-refractivity contribution in [3.8, 4) is 0 Å². The van der Waals surface area contributed by atoms with Gasteiger partial charge in [0.15, 0.2) is 0 Å². The van der Waals surface area contributed by atoms with Gasteiger partial charge in [-0.15, -0.1) is 0 Å². The van der Waals surface area contributed by atoms with Crippen LogP contribution in [0.25, 0.3) is 0 Å². The number of hydrogen-bond acceptors (Lipinski definition) is 3. The molecule has 1 aliphatic heterocycles. The zero-order valence-corrected chi connectivity index (χ0v) is 9.26. The van der Waals surface area contributed by atoms with Crippen LogP contribution in [0.3, 0.4) is 0 Å². The van der Waals surface area contributed by atoms with Crippen LogP contribution >= 0.6 is 0 Å². The molecule has 1 amide bonds. The van der Waals surface area contributed by atoms with E-state index in [4.69, 9.17) is 4.42 Å². The fraction of sp³-hybridized carbons (Fsp3) is 0.417. The van der Waals surface area contributed by atoms with E-state index in [-0.39, 0.29) is 5.91 Å². The Morgan fingerprint density at radius 2 is 2.19 bits per heavy atom. The molecule has 2 rings (SSSR count). The third-order valence-corrected chi connectivity index (χ3v) is 2.82. The number of carbonyl (C=O) groups excluding carboxylic acids is 1. The average molecular weight is 220 g/mol. The number of nitrogens with zero attached hydrogens (tertiary/aromatic N) is 2. The molecule has 0 atom stereocenters. The molecule has 1 aromatic rings. The maximum absolute atomic E-state index is 11.4. The number of carbonyl (C=O) groups is 1. The van der Waals surface area contributed by atoms with Crippen molar-refractivity contribution in [2.45, 2.75) is 6.54 Å². The molecule has 4 heteroatoms. The highest BCUT2D eigenvalue weighted by molar-refractivity contribution is 5.87. The van der Waals surface area contributed by atoms with Crippen molar-refractivity contribution in [2.24, 2.45) is 0 Å². The first-order chi connectivity index (χ1) is 7.79.